The predicted octanol–water partition coefficient (Wildman–Crippen LogP) is 5.66. The monoisotopic (exact) mass is 401 g/mol. The predicted molar refractivity (Wildman–Crippen MR) is 129 cm³/mol. The zero-order chi connectivity index (χ0) is 22.1. The van der Waals surface area contributed by atoms with Crippen molar-refractivity contribution in [2.75, 3.05) is 23.0 Å². The van der Waals surface area contributed by atoms with Crippen LogP contribution in [0.15, 0.2) is 55.4 Å². The maximum absolute atomic E-state index is 5.62. The maximum atomic E-state index is 5.62. The third-order valence-electron chi connectivity index (χ3n) is 5.22. The van der Waals surface area contributed by atoms with Crippen LogP contribution >= 0.6 is 0 Å². The number of hydrogen-bond donors (Lipinski definition) is 2. The summed E-state index contributed by atoms with van der Waals surface area (Å²) in [6, 6.07) is 12.8. The molecule has 30 heavy (non-hydrogen) atoms. The lowest BCUT2D eigenvalue weighted by molar-refractivity contribution is 0.563. The number of nitrogens with zero attached hydrogens (tertiary/aromatic N) is 3. The SMILES string of the molecule is C=C(c1cc(NC)ccc1C)N(c1ccc(-c2cnc(N)nc2)cc1C)C(C)(C)C. The number of aryl methyl sites for hydroxylation is 2. The molecule has 0 aliphatic heterocycles. The highest BCUT2D eigenvalue weighted by atomic mass is 15.2. The number of hydrogen-bond acceptors (Lipinski definition) is 5. The Morgan fingerprint density at radius 2 is 1.63 bits per heavy atom. The lowest BCUT2D eigenvalue weighted by Crippen LogP contribution is -2.40. The first-order valence-corrected chi connectivity index (χ1v) is 10.1. The molecule has 0 fully saturated rings. The van der Waals surface area contributed by atoms with Crippen LogP contribution in [0.4, 0.5) is 17.3 Å². The van der Waals surface area contributed by atoms with Gasteiger partial charge in [-0.15, -0.1) is 0 Å². The molecule has 0 aliphatic rings. The molecule has 0 unspecified atom stereocenters. The minimum Gasteiger partial charge on any atom is -0.388 e. The third-order valence-corrected chi connectivity index (χ3v) is 5.22. The Hall–Kier alpha value is -3.34. The second-order valence-corrected chi connectivity index (χ2v) is 8.56. The normalized spacial score (nSPS) is 11.3. The Kier molecular flexibility index (Phi) is 5.83. The Morgan fingerprint density at radius 3 is 2.20 bits per heavy atom. The second kappa shape index (κ2) is 8.19. The van der Waals surface area contributed by atoms with Gasteiger partial charge in [-0.3, -0.25) is 0 Å². The van der Waals surface area contributed by atoms with Crippen LogP contribution in [0.2, 0.25) is 0 Å². The molecule has 0 saturated heterocycles. The van der Waals surface area contributed by atoms with Gasteiger partial charge in [0, 0.05) is 53.2 Å². The van der Waals surface area contributed by atoms with Gasteiger partial charge in [0.25, 0.3) is 0 Å². The fourth-order valence-electron chi connectivity index (χ4n) is 3.69. The fourth-order valence-corrected chi connectivity index (χ4v) is 3.69. The zero-order valence-electron chi connectivity index (χ0n) is 18.7. The summed E-state index contributed by atoms with van der Waals surface area (Å²) in [6.07, 6.45) is 3.51. The first-order valence-electron chi connectivity index (χ1n) is 10.1. The minimum atomic E-state index is -0.157. The summed E-state index contributed by atoms with van der Waals surface area (Å²) >= 11 is 0. The van der Waals surface area contributed by atoms with E-state index >= 15 is 0 Å². The number of nitrogen functional groups attached to an aromatic ring is 1. The van der Waals surface area contributed by atoms with Crippen molar-refractivity contribution < 1.29 is 0 Å². The molecule has 0 spiro atoms. The van der Waals surface area contributed by atoms with Crippen LogP contribution in [-0.4, -0.2) is 22.6 Å². The lowest BCUT2D eigenvalue weighted by atomic mass is 9.96. The van der Waals surface area contributed by atoms with E-state index in [-0.39, 0.29) is 11.5 Å². The first-order chi connectivity index (χ1) is 14.1. The quantitative estimate of drug-likeness (QED) is 0.577. The van der Waals surface area contributed by atoms with Crippen LogP contribution in [0.25, 0.3) is 16.8 Å². The highest BCUT2D eigenvalue weighted by molar-refractivity contribution is 5.84. The summed E-state index contributed by atoms with van der Waals surface area (Å²) < 4.78 is 0. The van der Waals surface area contributed by atoms with Crippen molar-refractivity contribution in [1.82, 2.24) is 9.97 Å². The van der Waals surface area contributed by atoms with Crippen LogP contribution in [0.3, 0.4) is 0 Å². The molecule has 2 aromatic carbocycles. The zero-order valence-corrected chi connectivity index (χ0v) is 18.7. The molecular formula is C25H31N5. The highest BCUT2D eigenvalue weighted by Crippen LogP contribution is 2.37. The summed E-state index contributed by atoms with van der Waals surface area (Å²) in [7, 11) is 1.93. The van der Waals surface area contributed by atoms with Gasteiger partial charge in [-0.25, -0.2) is 9.97 Å². The highest BCUT2D eigenvalue weighted by Gasteiger charge is 2.27. The van der Waals surface area contributed by atoms with Gasteiger partial charge in [0.1, 0.15) is 0 Å². The van der Waals surface area contributed by atoms with Gasteiger partial charge in [-0.2, -0.15) is 0 Å². The summed E-state index contributed by atoms with van der Waals surface area (Å²) in [4.78, 5) is 10.5. The maximum Gasteiger partial charge on any atom is 0.219 e. The van der Waals surface area contributed by atoms with Gasteiger partial charge >= 0.3 is 0 Å². The topological polar surface area (TPSA) is 67.1 Å². The molecule has 5 heteroatoms. The molecule has 156 valence electrons. The van der Waals surface area contributed by atoms with E-state index in [4.69, 9.17) is 5.73 Å². The first kappa shape index (κ1) is 21.4. The fraction of sp³-hybridized carbons (Fsp3) is 0.280. The molecule has 3 rings (SSSR count). The van der Waals surface area contributed by atoms with E-state index < -0.39 is 0 Å². The van der Waals surface area contributed by atoms with Gasteiger partial charge < -0.3 is 16.0 Å². The third kappa shape index (κ3) is 4.30. The van der Waals surface area contributed by atoms with Crippen molar-refractivity contribution in [2.45, 2.75) is 40.2 Å². The molecule has 5 nitrogen and oxygen atoms in total. The number of nitrogens with two attached hydrogens (primary N) is 1. The number of rotatable bonds is 5. The molecule has 3 N–H and O–H groups in total. The molecule has 0 radical (unpaired) electrons. The van der Waals surface area contributed by atoms with Gasteiger partial charge in [-0.1, -0.05) is 18.7 Å². The Morgan fingerprint density at radius 1 is 0.967 bits per heavy atom. The van der Waals surface area contributed by atoms with E-state index in [1.54, 1.807) is 12.4 Å². The Labute approximate surface area is 179 Å². The van der Waals surface area contributed by atoms with E-state index in [1.807, 2.05) is 7.05 Å². The van der Waals surface area contributed by atoms with Crippen molar-refractivity contribution in [3.8, 4) is 11.1 Å². The van der Waals surface area contributed by atoms with Crippen molar-refractivity contribution in [2.24, 2.45) is 0 Å². The summed E-state index contributed by atoms with van der Waals surface area (Å²) in [5.41, 5.74) is 14.1. The van der Waals surface area contributed by atoms with E-state index in [2.05, 4.69) is 97.8 Å². The van der Waals surface area contributed by atoms with Gasteiger partial charge in [-0.05, 0) is 75.6 Å². The van der Waals surface area contributed by atoms with Crippen LogP contribution < -0.4 is 16.0 Å². The van der Waals surface area contributed by atoms with Crippen molar-refractivity contribution in [1.29, 1.82) is 0 Å². The van der Waals surface area contributed by atoms with Crippen molar-refractivity contribution in [3.05, 3.63) is 72.1 Å². The summed E-state index contributed by atoms with van der Waals surface area (Å²) in [5, 5.41) is 3.23. The van der Waals surface area contributed by atoms with E-state index in [0.29, 0.717) is 0 Å². The minimum absolute atomic E-state index is 0.157. The van der Waals surface area contributed by atoms with E-state index in [0.717, 1.165) is 39.3 Å². The van der Waals surface area contributed by atoms with Crippen LogP contribution in [0, 0.1) is 13.8 Å². The standard InChI is InChI=1S/C25H31N5/c1-16-8-10-21(27-7)13-22(16)18(3)30(25(4,5)6)23-11-9-19(12-17(23)2)20-14-28-24(26)29-15-20/h8-15,27H,3H2,1-2,4-7H3,(H2,26,28,29). The molecule has 0 saturated carbocycles. The van der Waals surface area contributed by atoms with Gasteiger partial charge in [0.15, 0.2) is 0 Å². The van der Waals surface area contributed by atoms with Crippen LogP contribution in [-0.2, 0) is 0 Å². The van der Waals surface area contributed by atoms with Crippen LogP contribution in [0.5, 0.6) is 0 Å². The molecule has 0 amide bonds. The lowest BCUT2D eigenvalue weighted by Gasteiger charge is -2.40. The number of nitrogens with one attached hydrogen (secondary N) is 1. The molecular weight excluding hydrogens is 370 g/mol. The Bertz CT molecular complexity index is 1060. The molecule has 1 heterocycles. The summed E-state index contributed by atoms with van der Waals surface area (Å²) in [6.45, 7) is 15.4. The van der Waals surface area contributed by atoms with E-state index in [9.17, 15) is 0 Å². The smallest absolute Gasteiger partial charge is 0.219 e. The molecule has 1 aromatic heterocycles. The summed E-state index contributed by atoms with van der Waals surface area (Å²) in [5.74, 6) is 0.279. The second-order valence-electron chi connectivity index (χ2n) is 8.56. The largest absolute Gasteiger partial charge is 0.388 e. The molecule has 0 bridgehead atoms. The van der Waals surface area contributed by atoms with E-state index in [1.165, 1.54) is 5.56 Å². The molecule has 0 atom stereocenters. The molecule has 0 aliphatic carbocycles. The average Bonchev–Trinajstić information content (AvgIpc) is 2.69. The van der Waals surface area contributed by atoms with Crippen molar-refractivity contribution in [3.63, 3.8) is 0 Å². The van der Waals surface area contributed by atoms with Crippen molar-refractivity contribution >= 4 is 23.0 Å². The van der Waals surface area contributed by atoms with Gasteiger partial charge in [0.05, 0.1) is 0 Å². The number of benzene rings is 2. The van der Waals surface area contributed by atoms with Gasteiger partial charge in [0.2, 0.25) is 5.95 Å². The molecule has 3 aromatic rings. The average molecular weight is 402 g/mol. The van der Waals surface area contributed by atoms with Crippen LogP contribution in [0.1, 0.15) is 37.5 Å². The number of anilines is 3. The number of aromatic nitrogens is 2. The Balaban J connectivity index is 2.07.